The molecule has 3 rings (SSSR count). The van der Waals surface area contributed by atoms with E-state index in [4.69, 9.17) is 17.3 Å². The first-order valence-electron chi connectivity index (χ1n) is 7.61. The fourth-order valence-electron chi connectivity index (χ4n) is 2.27. The maximum atomic E-state index is 14.0. The first-order valence-corrected chi connectivity index (χ1v) is 8.78. The zero-order valence-corrected chi connectivity index (χ0v) is 16.1. The van der Waals surface area contributed by atoms with Crippen molar-refractivity contribution in [3.63, 3.8) is 0 Å². The molecule has 0 spiro atoms. The summed E-state index contributed by atoms with van der Waals surface area (Å²) in [7, 11) is 0. The lowest BCUT2D eigenvalue weighted by molar-refractivity contribution is -0.137. The van der Waals surface area contributed by atoms with Gasteiger partial charge in [-0.3, -0.25) is 0 Å². The van der Waals surface area contributed by atoms with Crippen LogP contribution in [0.15, 0.2) is 47.2 Å². The van der Waals surface area contributed by atoms with Crippen molar-refractivity contribution in [2.24, 2.45) is 0 Å². The van der Waals surface area contributed by atoms with Crippen LogP contribution in [0.3, 0.4) is 0 Å². The van der Waals surface area contributed by atoms with Crippen LogP contribution in [0.5, 0.6) is 0 Å². The average Bonchev–Trinajstić information content (AvgIpc) is 2.61. The topological polar surface area (TPSA) is 75.9 Å². The van der Waals surface area contributed by atoms with Crippen LogP contribution in [-0.2, 0) is 6.18 Å². The van der Waals surface area contributed by atoms with Gasteiger partial charge in [-0.05, 0) is 36.4 Å². The van der Waals surface area contributed by atoms with Gasteiger partial charge in [0.15, 0.2) is 11.6 Å². The van der Waals surface area contributed by atoms with Crippen LogP contribution in [0.2, 0.25) is 5.02 Å². The molecule has 0 radical (unpaired) electrons. The molecular formula is C17H11BrClF4N5. The zero-order chi connectivity index (χ0) is 20.5. The van der Waals surface area contributed by atoms with Crippen LogP contribution in [0.25, 0.3) is 0 Å². The normalized spacial score (nSPS) is 11.4. The third kappa shape index (κ3) is 4.45. The predicted molar refractivity (Wildman–Crippen MR) is 104 cm³/mol. The molecule has 0 aliphatic heterocycles. The highest BCUT2D eigenvalue weighted by Crippen LogP contribution is 2.37. The molecular weight excluding hydrogens is 466 g/mol. The molecule has 4 N–H and O–H groups in total. The molecule has 0 fully saturated rings. The Bertz CT molecular complexity index is 1030. The molecule has 0 saturated carbocycles. The van der Waals surface area contributed by atoms with Crippen LogP contribution in [0.4, 0.5) is 46.3 Å². The van der Waals surface area contributed by atoms with Gasteiger partial charge in [0, 0.05) is 10.2 Å². The van der Waals surface area contributed by atoms with Crippen molar-refractivity contribution in [3.8, 4) is 0 Å². The summed E-state index contributed by atoms with van der Waals surface area (Å²) < 4.78 is 53.6. The number of benzene rings is 2. The number of nitrogens with one attached hydrogen (secondary N) is 2. The van der Waals surface area contributed by atoms with Gasteiger partial charge in [0.25, 0.3) is 0 Å². The maximum Gasteiger partial charge on any atom is 0.417 e. The van der Waals surface area contributed by atoms with E-state index in [2.05, 4.69) is 36.5 Å². The minimum atomic E-state index is -4.61. The van der Waals surface area contributed by atoms with Crippen LogP contribution in [-0.4, -0.2) is 9.97 Å². The lowest BCUT2D eigenvalue weighted by Gasteiger charge is -2.15. The van der Waals surface area contributed by atoms with Gasteiger partial charge in [0.1, 0.15) is 17.8 Å². The highest BCUT2D eigenvalue weighted by atomic mass is 79.9. The molecule has 11 heteroatoms. The maximum absolute atomic E-state index is 14.0. The Kier molecular flexibility index (Phi) is 5.61. The number of nitrogens with two attached hydrogens (primary N) is 1. The number of halogens is 6. The molecule has 0 aliphatic rings. The van der Waals surface area contributed by atoms with Crippen molar-refractivity contribution >= 4 is 56.2 Å². The lowest BCUT2D eigenvalue weighted by atomic mass is 10.2. The van der Waals surface area contributed by atoms with Gasteiger partial charge in [0.05, 0.1) is 16.3 Å². The summed E-state index contributed by atoms with van der Waals surface area (Å²) in [6.07, 6.45) is -3.48. The molecule has 146 valence electrons. The van der Waals surface area contributed by atoms with Crippen molar-refractivity contribution in [3.05, 3.63) is 63.6 Å². The van der Waals surface area contributed by atoms with E-state index in [0.29, 0.717) is 4.47 Å². The number of hydrogen-bond acceptors (Lipinski definition) is 5. The van der Waals surface area contributed by atoms with Gasteiger partial charge in [-0.25, -0.2) is 14.4 Å². The smallest absolute Gasteiger partial charge is 0.393 e. The average molecular weight is 477 g/mol. The molecule has 0 saturated heterocycles. The molecule has 0 atom stereocenters. The molecule has 1 heterocycles. The van der Waals surface area contributed by atoms with Gasteiger partial charge in [-0.15, -0.1) is 0 Å². The molecule has 0 amide bonds. The van der Waals surface area contributed by atoms with Crippen LogP contribution < -0.4 is 16.4 Å². The van der Waals surface area contributed by atoms with E-state index in [1.54, 1.807) is 6.07 Å². The highest BCUT2D eigenvalue weighted by Gasteiger charge is 2.33. The monoisotopic (exact) mass is 475 g/mol. The molecule has 1 aromatic heterocycles. The Hall–Kier alpha value is -2.59. The Morgan fingerprint density at radius 1 is 1.00 bits per heavy atom. The number of alkyl halides is 3. The van der Waals surface area contributed by atoms with Crippen molar-refractivity contribution in [2.75, 3.05) is 16.4 Å². The molecule has 28 heavy (non-hydrogen) atoms. The number of anilines is 5. The van der Waals surface area contributed by atoms with Crippen LogP contribution >= 0.6 is 27.5 Å². The summed E-state index contributed by atoms with van der Waals surface area (Å²) in [5, 5.41) is 4.98. The number of rotatable bonds is 4. The van der Waals surface area contributed by atoms with E-state index in [9.17, 15) is 17.6 Å². The summed E-state index contributed by atoms with van der Waals surface area (Å²) in [4.78, 5) is 7.87. The van der Waals surface area contributed by atoms with Crippen molar-refractivity contribution < 1.29 is 17.6 Å². The molecule has 0 aliphatic carbocycles. The third-order valence-corrected chi connectivity index (χ3v) is 4.43. The van der Waals surface area contributed by atoms with Crippen molar-refractivity contribution in [1.29, 1.82) is 0 Å². The Morgan fingerprint density at radius 3 is 2.32 bits per heavy atom. The lowest BCUT2D eigenvalue weighted by Crippen LogP contribution is -2.08. The minimum Gasteiger partial charge on any atom is -0.393 e. The highest BCUT2D eigenvalue weighted by molar-refractivity contribution is 9.10. The first kappa shape index (κ1) is 20.2. The summed E-state index contributed by atoms with van der Waals surface area (Å²) in [6, 6.07) is 7.65. The number of nitrogen functional groups attached to an aromatic ring is 1. The van der Waals surface area contributed by atoms with Crippen LogP contribution in [0, 0.1) is 5.82 Å². The Balaban J connectivity index is 1.90. The fraction of sp³-hybridized carbons (Fsp3) is 0.0588. The van der Waals surface area contributed by atoms with E-state index in [1.165, 1.54) is 18.2 Å². The number of hydrogen-bond donors (Lipinski definition) is 3. The molecule has 3 aromatic rings. The second kappa shape index (κ2) is 7.80. The van der Waals surface area contributed by atoms with Gasteiger partial charge in [-0.2, -0.15) is 13.2 Å². The van der Waals surface area contributed by atoms with Gasteiger partial charge in [0.2, 0.25) is 0 Å². The Labute approximate surface area is 170 Å². The second-order valence-electron chi connectivity index (χ2n) is 5.55. The number of nitrogens with zero attached hydrogens (tertiary/aromatic N) is 2. The summed E-state index contributed by atoms with van der Waals surface area (Å²) in [6.45, 7) is 0. The minimum absolute atomic E-state index is 0.00618. The first-order chi connectivity index (χ1) is 13.1. The van der Waals surface area contributed by atoms with Crippen LogP contribution in [0.1, 0.15) is 5.56 Å². The van der Waals surface area contributed by atoms with E-state index in [0.717, 1.165) is 18.5 Å². The second-order valence-corrected chi connectivity index (χ2v) is 6.87. The van der Waals surface area contributed by atoms with Crippen molar-refractivity contribution in [1.82, 2.24) is 9.97 Å². The van der Waals surface area contributed by atoms with E-state index < -0.39 is 22.6 Å². The summed E-state index contributed by atoms with van der Waals surface area (Å²) in [5.41, 5.74) is 5.17. The van der Waals surface area contributed by atoms with Crippen molar-refractivity contribution in [2.45, 2.75) is 6.18 Å². The summed E-state index contributed by atoms with van der Waals surface area (Å²) >= 11 is 8.76. The molecule has 0 unspecified atom stereocenters. The Morgan fingerprint density at radius 2 is 1.68 bits per heavy atom. The van der Waals surface area contributed by atoms with E-state index >= 15 is 0 Å². The SMILES string of the molecule is Nc1c(Nc2ccc(Cl)c(C(F)(F)F)c2)ncnc1Nc1ccc(Br)cc1F. The molecule has 2 aromatic carbocycles. The van der Waals surface area contributed by atoms with Gasteiger partial charge < -0.3 is 16.4 Å². The number of aromatic nitrogens is 2. The third-order valence-electron chi connectivity index (χ3n) is 3.60. The summed E-state index contributed by atoms with van der Waals surface area (Å²) in [5.74, 6) is -0.413. The molecule has 0 bridgehead atoms. The zero-order valence-electron chi connectivity index (χ0n) is 13.8. The van der Waals surface area contributed by atoms with Gasteiger partial charge in [-0.1, -0.05) is 27.5 Å². The van der Waals surface area contributed by atoms with Gasteiger partial charge >= 0.3 is 6.18 Å². The van der Waals surface area contributed by atoms with E-state index in [1.807, 2.05) is 0 Å². The predicted octanol–water partition coefficient (Wildman–Crippen LogP) is 6.12. The quantitative estimate of drug-likeness (QED) is 0.396. The standard InChI is InChI=1S/C17H11BrClF4N5/c18-8-1-4-13(12(20)5-8)28-16-14(24)15(25-7-26-16)27-9-2-3-11(19)10(6-9)17(21,22)23/h1-7H,24H2,(H2,25,26,27,28). The van der Waals surface area contributed by atoms with E-state index in [-0.39, 0.29) is 28.7 Å². The largest absolute Gasteiger partial charge is 0.417 e. The fourth-order valence-corrected chi connectivity index (χ4v) is 2.83. The molecule has 5 nitrogen and oxygen atoms in total.